The fourth-order valence-electron chi connectivity index (χ4n) is 4.99. The molecule has 0 fully saturated rings. The van der Waals surface area contributed by atoms with Crippen molar-refractivity contribution in [3.63, 3.8) is 0 Å². The quantitative estimate of drug-likeness (QED) is 0.557. The number of benzene rings is 1. The minimum absolute atomic E-state index is 0.100. The first-order valence-electron chi connectivity index (χ1n) is 12.3. The average molecular weight is 527 g/mol. The molecule has 0 unspecified atom stereocenters. The number of carbonyl (C=O) groups excluding carboxylic acids is 3. The van der Waals surface area contributed by atoms with Gasteiger partial charge in [-0.1, -0.05) is 13.0 Å². The summed E-state index contributed by atoms with van der Waals surface area (Å²) < 4.78 is 22.2. The fraction of sp³-hybridized carbons (Fsp3) is 0.429. The molecule has 1 aliphatic rings. The molecule has 0 bridgehead atoms. The highest BCUT2D eigenvalue weighted by Gasteiger charge is 2.37. The number of nitrogens with zero attached hydrogens (tertiary/aromatic N) is 1. The van der Waals surface area contributed by atoms with Crippen LogP contribution >= 0.6 is 0 Å². The summed E-state index contributed by atoms with van der Waals surface area (Å²) >= 11 is 0. The van der Waals surface area contributed by atoms with E-state index in [2.05, 4.69) is 5.32 Å². The second kappa shape index (κ2) is 12.0. The van der Waals surface area contributed by atoms with E-state index < -0.39 is 29.3 Å². The molecule has 0 spiro atoms. The van der Waals surface area contributed by atoms with E-state index in [1.165, 1.54) is 48.4 Å². The molecule has 3 amide bonds. The van der Waals surface area contributed by atoms with E-state index in [1.54, 1.807) is 19.1 Å². The van der Waals surface area contributed by atoms with E-state index in [1.807, 2.05) is 6.07 Å². The van der Waals surface area contributed by atoms with E-state index in [4.69, 9.17) is 18.9 Å². The summed E-state index contributed by atoms with van der Waals surface area (Å²) in [6.07, 6.45) is 1.02. The van der Waals surface area contributed by atoms with Gasteiger partial charge in [0.25, 0.3) is 5.91 Å². The number of hydrogen-bond acceptors (Lipinski definition) is 8. The molecule has 1 aliphatic carbocycles. The Bertz CT molecular complexity index is 1310. The Hall–Kier alpha value is -4.08. The van der Waals surface area contributed by atoms with Crippen molar-refractivity contribution in [2.24, 2.45) is 0 Å². The summed E-state index contributed by atoms with van der Waals surface area (Å²) in [4.78, 5) is 52.7. The lowest BCUT2D eigenvalue weighted by atomic mass is 9.95. The molecule has 0 aliphatic heterocycles. The number of carbonyl (C=O) groups is 3. The zero-order chi connectivity index (χ0) is 28.1. The van der Waals surface area contributed by atoms with Crippen molar-refractivity contribution in [2.45, 2.75) is 52.1 Å². The third kappa shape index (κ3) is 5.29. The fourth-order valence-corrected chi connectivity index (χ4v) is 4.99. The monoisotopic (exact) mass is 526 g/mol. The molecule has 3 rings (SSSR count). The molecule has 2 atom stereocenters. The molecule has 1 N–H and O–H groups in total. The highest BCUT2D eigenvalue weighted by molar-refractivity contribution is 5.99. The van der Waals surface area contributed by atoms with Gasteiger partial charge in [-0.2, -0.15) is 0 Å². The summed E-state index contributed by atoms with van der Waals surface area (Å²) in [5.74, 6) is -0.116. The Balaban J connectivity index is 2.39. The molecule has 0 aromatic heterocycles. The van der Waals surface area contributed by atoms with Gasteiger partial charge in [-0.05, 0) is 54.2 Å². The molecule has 0 heterocycles. The molecule has 38 heavy (non-hydrogen) atoms. The first kappa shape index (κ1) is 28.5. The summed E-state index contributed by atoms with van der Waals surface area (Å²) in [5.41, 5.74) is 2.10. The summed E-state index contributed by atoms with van der Waals surface area (Å²) in [5, 5.41) is 2.63. The van der Waals surface area contributed by atoms with Gasteiger partial charge in [0, 0.05) is 19.4 Å². The molecular weight excluding hydrogens is 492 g/mol. The average Bonchev–Trinajstić information content (AvgIpc) is 3.14. The third-order valence-corrected chi connectivity index (χ3v) is 6.66. The Labute approximate surface area is 221 Å². The largest absolute Gasteiger partial charge is 0.493 e. The van der Waals surface area contributed by atoms with Gasteiger partial charge in [0.1, 0.15) is 6.04 Å². The summed E-state index contributed by atoms with van der Waals surface area (Å²) in [7, 11) is 5.92. The molecule has 2 aromatic carbocycles. The van der Waals surface area contributed by atoms with E-state index in [-0.39, 0.29) is 18.1 Å². The lowest BCUT2D eigenvalue weighted by Gasteiger charge is -2.32. The maximum atomic E-state index is 13.7. The molecule has 2 aromatic rings. The van der Waals surface area contributed by atoms with E-state index in [0.717, 1.165) is 10.5 Å². The SMILES string of the molecule is CC[C@@H](NC(C)=O)C(=O)N(C(C)=O)[C@H]1CCc2cc(OC)c(OC)c(OC)c2-c2ccc(OC)c(=O)cc21. The van der Waals surface area contributed by atoms with Gasteiger partial charge in [0.2, 0.25) is 23.0 Å². The number of amides is 3. The second-order valence-corrected chi connectivity index (χ2v) is 8.90. The van der Waals surface area contributed by atoms with Gasteiger partial charge in [0.05, 0.1) is 34.5 Å². The number of imide groups is 1. The first-order chi connectivity index (χ1) is 18.1. The van der Waals surface area contributed by atoms with Crippen LogP contribution in [0.2, 0.25) is 0 Å². The van der Waals surface area contributed by atoms with Gasteiger partial charge in [-0.3, -0.25) is 24.1 Å². The highest BCUT2D eigenvalue weighted by atomic mass is 16.5. The van der Waals surface area contributed by atoms with Gasteiger partial charge < -0.3 is 24.3 Å². The van der Waals surface area contributed by atoms with E-state index >= 15 is 0 Å². The van der Waals surface area contributed by atoms with Crippen LogP contribution in [-0.4, -0.2) is 57.1 Å². The molecular formula is C28H34N2O8. The van der Waals surface area contributed by atoms with Crippen LogP contribution in [0.4, 0.5) is 0 Å². The lowest BCUT2D eigenvalue weighted by Crippen LogP contribution is -2.50. The molecule has 10 nitrogen and oxygen atoms in total. The molecule has 204 valence electrons. The molecule has 10 heteroatoms. The second-order valence-electron chi connectivity index (χ2n) is 8.90. The smallest absolute Gasteiger partial charge is 0.252 e. The first-order valence-corrected chi connectivity index (χ1v) is 12.3. The Kier molecular flexibility index (Phi) is 8.98. The van der Waals surface area contributed by atoms with Gasteiger partial charge in [-0.15, -0.1) is 0 Å². The van der Waals surface area contributed by atoms with Crippen LogP contribution in [0.3, 0.4) is 0 Å². The van der Waals surface area contributed by atoms with Crippen LogP contribution in [0.25, 0.3) is 11.1 Å². The number of aryl methyl sites for hydroxylation is 1. The number of hydrogen-bond donors (Lipinski definition) is 1. The van der Waals surface area contributed by atoms with Crippen molar-refractivity contribution in [2.75, 3.05) is 28.4 Å². The predicted octanol–water partition coefficient (Wildman–Crippen LogP) is 3.03. The molecule has 0 radical (unpaired) electrons. The van der Waals surface area contributed by atoms with E-state index in [0.29, 0.717) is 46.8 Å². The van der Waals surface area contributed by atoms with Crippen molar-refractivity contribution in [3.8, 4) is 34.1 Å². The van der Waals surface area contributed by atoms with Crippen LogP contribution in [0.1, 0.15) is 50.8 Å². The third-order valence-electron chi connectivity index (χ3n) is 6.66. The van der Waals surface area contributed by atoms with E-state index in [9.17, 15) is 19.2 Å². The van der Waals surface area contributed by atoms with Crippen molar-refractivity contribution in [1.29, 1.82) is 0 Å². The van der Waals surface area contributed by atoms with Crippen LogP contribution in [0.5, 0.6) is 23.0 Å². The van der Waals surface area contributed by atoms with Crippen LogP contribution in [-0.2, 0) is 20.8 Å². The van der Waals surface area contributed by atoms with Crippen molar-refractivity contribution < 1.29 is 33.3 Å². The number of ether oxygens (including phenoxy) is 4. The summed E-state index contributed by atoms with van der Waals surface area (Å²) in [6.45, 7) is 4.36. The standard InChI is InChI=1S/C28H34N2O8/c1-8-20(29-15(2)31)28(34)30(16(3)32)21-11-9-17-13-24(36-5)26(37-6)27(38-7)25(17)18-10-12-23(35-4)22(33)14-19(18)21/h10,12-14,20-21H,8-9,11H2,1-7H3,(H,29,31)/t20-,21+/m1/s1. The highest BCUT2D eigenvalue weighted by Crippen LogP contribution is 2.51. The summed E-state index contributed by atoms with van der Waals surface area (Å²) in [6, 6.07) is 4.78. The normalized spacial score (nSPS) is 14.7. The lowest BCUT2D eigenvalue weighted by molar-refractivity contribution is -0.149. The number of fused-ring (bicyclic) bond motifs is 3. The maximum absolute atomic E-state index is 13.7. The Morgan fingerprint density at radius 3 is 2.16 bits per heavy atom. The number of rotatable bonds is 8. The predicted molar refractivity (Wildman–Crippen MR) is 141 cm³/mol. The minimum Gasteiger partial charge on any atom is -0.493 e. The van der Waals surface area contributed by atoms with Gasteiger partial charge in [0.15, 0.2) is 17.2 Å². The van der Waals surface area contributed by atoms with Crippen molar-refractivity contribution >= 4 is 17.7 Å². The van der Waals surface area contributed by atoms with Crippen LogP contribution in [0.15, 0.2) is 29.1 Å². The topological polar surface area (TPSA) is 120 Å². The minimum atomic E-state index is -0.904. The Morgan fingerprint density at radius 1 is 0.974 bits per heavy atom. The zero-order valence-electron chi connectivity index (χ0n) is 22.8. The van der Waals surface area contributed by atoms with Crippen molar-refractivity contribution in [1.82, 2.24) is 10.2 Å². The van der Waals surface area contributed by atoms with Crippen LogP contribution in [0, 0.1) is 0 Å². The van der Waals surface area contributed by atoms with Gasteiger partial charge >= 0.3 is 0 Å². The Morgan fingerprint density at radius 2 is 1.63 bits per heavy atom. The van der Waals surface area contributed by atoms with Crippen molar-refractivity contribution in [3.05, 3.63) is 45.6 Å². The molecule has 0 saturated heterocycles. The molecule has 0 saturated carbocycles. The number of methoxy groups -OCH3 is 4. The maximum Gasteiger partial charge on any atom is 0.252 e. The van der Waals surface area contributed by atoms with Crippen LogP contribution < -0.4 is 29.7 Å². The number of nitrogens with one attached hydrogen (secondary N) is 1. The zero-order valence-corrected chi connectivity index (χ0v) is 22.8. The van der Waals surface area contributed by atoms with Gasteiger partial charge in [-0.25, -0.2) is 0 Å².